The molecule has 1 aromatic heterocycles. The van der Waals surface area contributed by atoms with Gasteiger partial charge in [0.2, 0.25) is 5.56 Å². The summed E-state index contributed by atoms with van der Waals surface area (Å²) in [5, 5.41) is 0.716. The molecule has 1 aromatic carbocycles. The van der Waals surface area contributed by atoms with E-state index in [9.17, 15) is 4.79 Å². The van der Waals surface area contributed by atoms with Crippen molar-refractivity contribution in [1.29, 1.82) is 0 Å². The maximum atomic E-state index is 11.0. The molecule has 0 aliphatic carbocycles. The van der Waals surface area contributed by atoms with Crippen LogP contribution >= 0.6 is 11.6 Å². The van der Waals surface area contributed by atoms with E-state index in [1.165, 1.54) is 0 Å². The van der Waals surface area contributed by atoms with Gasteiger partial charge in [-0.3, -0.25) is 4.79 Å². The highest BCUT2D eigenvalue weighted by Crippen LogP contribution is 2.11. The van der Waals surface area contributed by atoms with Gasteiger partial charge in [-0.2, -0.15) is 0 Å². The fraction of sp³-hybridized carbons (Fsp3) is 0. The Labute approximate surface area is 98.2 Å². The lowest BCUT2D eigenvalue weighted by Gasteiger charge is -1.94. The molecule has 0 atom stereocenters. The van der Waals surface area contributed by atoms with E-state index in [-0.39, 0.29) is 5.56 Å². The van der Waals surface area contributed by atoms with Crippen molar-refractivity contribution in [3.63, 3.8) is 0 Å². The average Bonchev–Trinajstić information content (AvgIpc) is 2.28. The standard InChI is InChI=1S/C13H10ClNO/c14-12-5-3-10(4-6-12)1-2-11-7-8-15-13(16)9-11/h1-9H,(H,15,16)/b2-1+. The van der Waals surface area contributed by atoms with Gasteiger partial charge in [0.25, 0.3) is 0 Å². The number of aromatic nitrogens is 1. The van der Waals surface area contributed by atoms with Crippen LogP contribution in [0.5, 0.6) is 0 Å². The number of nitrogens with one attached hydrogen (secondary N) is 1. The minimum atomic E-state index is -0.0988. The third kappa shape index (κ3) is 2.84. The van der Waals surface area contributed by atoms with E-state index >= 15 is 0 Å². The van der Waals surface area contributed by atoms with Gasteiger partial charge in [-0.25, -0.2) is 0 Å². The molecular formula is C13H10ClNO. The smallest absolute Gasteiger partial charge is 0.248 e. The summed E-state index contributed by atoms with van der Waals surface area (Å²) in [5.41, 5.74) is 1.82. The second kappa shape index (κ2) is 4.81. The third-order valence-electron chi connectivity index (χ3n) is 2.14. The van der Waals surface area contributed by atoms with Crippen LogP contribution in [0.4, 0.5) is 0 Å². The van der Waals surface area contributed by atoms with Crippen molar-refractivity contribution in [2.45, 2.75) is 0 Å². The van der Waals surface area contributed by atoms with Crippen LogP contribution in [-0.4, -0.2) is 4.98 Å². The number of aromatic amines is 1. The number of pyridine rings is 1. The minimum absolute atomic E-state index is 0.0988. The van der Waals surface area contributed by atoms with Crippen LogP contribution < -0.4 is 5.56 Å². The van der Waals surface area contributed by atoms with Crippen LogP contribution in [0.25, 0.3) is 12.2 Å². The SMILES string of the molecule is O=c1cc(/C=C/c2ccc(Cl)cc2)cc[nH]1. The van der Waals surface area contributed by atoms with E-state index in [2.05, 4.69) is 4.98 Å². The Morgan fingerprint density at radius 1 is 1.00 bits per heavy atom. The van der Waals surface area contributed by atoms with Gasteiger partial charge in [-0.1, -0.05) is 35.9 Å². The van der Waals surface area contributed by atoms with E-state index in [1.807, 2.05) is 42.5 Å². The summed E-state index contributed by atoms with van der Waals surface area (Å²) in [7, 11) is 0. The molecule has 16 heavy (non-hydrogen) atoms. The first-order chi connectivity index (χ1) is 7.74. The maximum absolute atomic E-state index is 11.0. The predicted octanol–water partition coefficient (Wildman–Crippen LogP) is 3.20. The topological polar surface area (TPSA) is 32.9 Å². The summed E-state index contributed by atoms with van der Waals surface area (Å²) in [6, 6.07) is 10.9. The molecule has 80 valence electrons. The van der Waals surface area contributed by atoms with Gasteiger partial charge in [-0.05, 0) is 29.3 Å². The van der Waals surface area contributed by atoms with Gasteiger partial charge < -0.3 is 4.98 Å². The molecule has 0 saturated carbocycles. The molecule has 0 aliphatic rings. The molecule has 0 saturated heterocycles. The lowest BCUT2D eigenvalue weighted by atomic mass is 10.1. The molecule has 1 heterocycles. The van der Waals surface area contributed by atoms with Crippen LogP contribution in [0.15, 0.2) is 47.4 Å². The predicted molar refractivity (Wildman–Crippen MR) is 67.4 cm³/mol. The normalized spacial score (nSPS) is 10.8. The van der Waals surface area contributed by atoms with Crippen molar-refractivity contribution < 1.29 is 0 Å². The van der Waals surface area contributed by atoms with Crippen molar-refractivity contribution in [2.24, 2.45) is 0 Å². The first-order valence-electron chi connectivity index (χ1n) is 4.86. The first-order valence-corrected chi connectivity index (χ1v) is 5.24. The van der Waals surface area contributed by atoms with Gasteiger partial charge in [0, 0.05) is 17.3 Å². The fourth-order valence-electron chi connectivity index (χ4n) is 1.33. The van der Waals surface area contributed by atoms with Gasteiger partial charge >= 0.3 is 0 Å². The second-order valence-electron chi connectivity index (χ2n) is 3.37. The molecule has 0 unspecified atom stereocenters. The summed E-state index contributed by atoms with van der Waals surface area (Å²) >= 11 is 5.78. The molecular weight excluding hydrogens is 222 g/mol. The molecule has 1 N–H and O–H groups in total. The van der Waals surface area contributed by atoms with Gasteiger partial charge in [0.1, 0.15) is 0 Å². The molecule has 0 bridgehead atoms. The molecule has 2 rings (SSSR count). The number of hydrogen-bond acceptors (Lipinski definition) is 1. The van der Waals surface area contributed by atoms with Crippen LogP contribution in [0.3, 0.4) is 0 Å². The summed E-state index contributed by atoms with van der Waals surface area (Å²) in [6.45, 7) is 0. The van der Waals surface area contributed by atoms with Crippen LogP contribution in [-0.2, 0) is 0 Å². The molecule has 0 radical (unpaired) electrons. The number of H-pyrrole nitrogens is 1. The summed E-state index contributed by atoms with van der Waals surface area (Å²) in [6.07, 6.45) is 5.45. The number of hydrogen-bond donors (Lipinski definition) is 1. The lowest BCUT2D eigenvalue weighted by Crippen LogP contribution is -2.01. The Balaban J connectivity index is 2.21. The van der Waals surface area contributed by atoms with Crippen LogP contribution in [0, 0.1) is 0 Å². The zero-order valence-electron chi connectivity index (χ0n) is 8.48. The van der Waals surface area contributed by atoms with E-state index in [1.54, 1.807) is 12.3 Å². The molecule has 0 aliphatic heterocycles. The monoisotopic (exact) mass is 231 g/mol. The zero-order chi connectivity index (χ0) is 11.4. The Morgan fingerprint density at radius 2 is 1.69 bits per heavy atom. The third-order valence-corrected chi connectivity index (χ3v) is 2.39. The van der Waals surface area contributed by atoms with Crippen LogP contribution in [0.2, 0.25) is 5.02 Å². The Morgan fingerprint density at radius 3 is 2.38 bits per heavy atom. The minimum Gasteiger partial charge on any atom is -0.329 e. The maximum Gasteiger partial charge on any atom is 0.248 e. The fourth-order valence-corrected chi connectivity index (χ4v) is 1.46. The first kappa shape index (κ1) is 10.7. The van der Waals surface area contributed by atoms with Crippen molar-refractivity contribution in [3.05, 3.63) is 69.1 Å². The van der Waals surface area contributed by atoms with E-state index < -0.39 is 0 Å². The summed E-state index contributed by atoms with van der Waals surface area (Å²) in [5.74, 6) is 0. The molecule has 0 spiro atoms. The summed E-state index contributed by atoms with van der Waals surface area (Å²) < 4.78 is 0. The number of halogens is 1. The van der Waals surface area contributed by atoms with Crippen LogP contribution in [0.1, 0.15) is 11.1 Å². The van der Waals surface area contributed by atoms with Gasteiger partial charge in [0.05, 0.1) is 0 Å². The lowest BCUT2D eigenvalue weighted by molar-refractivity contribution is 1.23. The van der Waals surface area contributed by atoms with Crippen molar-refractivity contribution in [2.75, 3.05) is 0 Å². The molecule has 2 aromatic rings. The van der Waals surface area contributed by atoms with Crippen molar-refractivity contribution in [3.8, 4) is 0 Å². The van der Waals surface area contributed by atoms with Crippen molar-refractivity contribution >= 4 is 23.8 Å². The van der Waals surface area contributed by atoms with Gasteiger partial charge in [0.15, 0.2) is 0 Å². The highest BCUT2D eigenvalue weighted by atomic mass is 35.5. The zero-order valence-corrected chi connectivity index (χ0v) is 9.24. The Kier molecular flexibility index (Phi) is 3.22. The van der Waals surface area contributed by atoms with E-state index in [4.69, 9.17) is 11.6 Å². The largest absolute Gasteiger partial charge is 0.329 e. The Bertz CT molecular complexity index is 555. The number of rotatable bonds is 2. The van der Waals surface area contributed by atoms with Crippen molar-refractivity contribution in [1.82, 2.24) is 4.98 Å². The number of benzene rings is 1. The highest BCUT2D eigenvalue weighted by molar-refractivity contribution is 6.30. The summed E-state index contributed by atoms with van der Waals surface area (Å²) in [4.78, 5) is 13.6. The van der Waals surface area contributed by atoms with Gasteiger partial charge in [-0.15, -0.1) is 0 Å². The average molecular weight is 232 g/mol. The molecule has 3 heteroatoms. The molecule has 0 amide bonds. The highest BCUT2D eigenvalue weighted by Gasteiger charge is 1.89. The van der Waals surface area contributed by atoms with E-state index in [0.29, 0.717) is 5.02 Å². The molecule has 2 nitrogen and oxygen atoms in total. The molecule has 0 fully saturated rings. The van der Waals surface area contributed by atoms with E-state index in [0.717, 1.165) is 11.1 Å². The second-order valence-corrected chi connectivity index (χ2v) is 3.81. The Hall–Kier alpha value is -1.80. The quantitative estimate of drug-likeness (QED) is 0.846.